The van der Waals surface area contributed by atoms with Crippen LogP contribution in [0.4, 0.5) is 0 Å². The zero-order valence-electron chi connectivity index (χ0n) is 10.5. The van der Waals surface area contributed by atoms with Gasteiger partial charge in [0.1, 0.15) is 0 Å². The van der Waals surface area contributed by atoms with Crippen molar-refractivity contribution in [2.24, 2.45) is 0 Å². The van der Waals surface area contributed by atoms with Crippen molar-refractivity contribution in [3.8, 4) is 0 Å². The van der Waals surface area contributed by atoms with Crippen LogP contribution in [-0.4, -0.2) is 6.54 Å². The average molecular weight is 217 g/mol. The number of benzene rings is 1. The standard InChI is InChI=1S/C15H23N/c1-3-15(16-4-2)14-10-6-9-13(11-14)12-7-5-8-12/h6,9-12,15-16H,3-5,7-8H2,1-2H3. The molecule has 0 aromatic heterocycles. The van der Waals surface area contributed by atoms with Crippen LogP contribution in [0.25, 0.3) is 0 Å². The number of hydrogen-bond acceptors (Lipinski definition) is 1. The lowest BCUT2D eigenvalue weighted by Gasteiger charge is -2.27. The summed E-state index contributed by atoms with van der Waals surface area (Å²) in [6, 6.07) is 9.74. The topological polar surface area (TPSA) is 12.0 Å². The van der Waals surface area contributed by atoms with Gasteiger partial charge in [-0.15, -0.1) is 0 Å². The Hall–Kier alpha value is -0.820. The predicted molar refractivity (Wildman–Crippen MR) is 69.7 cm³/mol. The Bertz CT molecular complexity index is 328. The summed E-state index contributed by atoms with van der Waals surface area (Å²) in [5, 5.41) is 3.55. The molecule has 0 aliphatic heterocycles. The fourth-order valence-electron chi connectivity index (χ4n) is 2.52. The molecule has 0 saturated heterocycles. The van der Waals surface area contributed by atoms with Crippen molar-refractivity contribution in [1.82, 2.24) is 5.32 Å². The quantitative estimate of drug-likeness (QED) is 0.785. The third kappa shape index (κ3) is 2.46. The van der Waals surface area contributed by atoms with E-state index in [9.17, 15) is 0 Å². The molecule has 1 saturated carbocycles. The first kappa shape index (κ1) is 11.7. The summed E-state index contributed by atoms with van der Waals surface area (Å²) in [7, 11) is 0. The van der Waals surface area contributed by atoms with Gasteiger partial charge in [0.25, 0.3) is 0 Å². The lowest BCUT2D eigenvalue weighted by Crippen LogP contribution is -2.20. The minimum atomic E-state index is 0.532. The van der Waals surface area contributed by atoms with Crippen molar-refractivity contribution in [3.63, 3.8) is 0 Å². The normalized spacial score (nSPS) is 18.1. The van der Waals surface area contributed by atoms with Gasteiger partial charge in [0.15, 0.2) is 0 Å². The molecule has 1 nitrogen and oxygen atoms in total. The lowest BCUT2D eigenvalue weighted by molar-refractivity contribution is 0.418. The zero-order valence-corrected chi connectivity index (χ0v) is 10.5. The summed E-state index contributed by atoms with van der Waals surface area (Å²) < 4.78 is 0. The zero-order chi connectivity index (χ0) is 11.4. The summed E-state index contributed by atoms with van der Waals surface area (Å²) in [6.07, 6.45) is 5.37. The molecule has 16 heavy (non-hydrogen) atoms. The maximum absolute atomic E-state index is 3.55. The van der Waals surface area contributed by atoms with E-state index in [0.29, 0.717) is 6.04 Å². The van der Waals surface area contributed by atoms with Crippen LogP contribution in [0.5, 0.6) is 0 Å². The third-order valence-electron chi connectivity index (χ3n) is 3.75. The van der Waals surface area contributed by atoms with Crippen LogP contribution in [0.15, 0.2) is 24.3 Å². The predicted octanol–water partition coefficient (Wildman–Crippen LogP) is 4.01. The van der Waals surface area contributed by atoms with Crippen LogP contribution in [-0.2, 0) is 0 Å². The molecule has 88 valence electrons. The highest BCUT2D eigenvalue weighted by molar-refractivity contribution is 5.29. The molecular weight excluding hydrogens is 194 g/mol. The molecule has 1 aromatic rings. The molecule has 0 amide bonds. The average Bonchev–Trinajstić information content (AvgIpc) is 2.24. The number of hydrogen-bond donors (Lipinski definition) is 1. The van der Waals surface area contributed by atoms with Crippen molar-refractivity contribution >= 4 is 0 Å². The third-order valence-corrected chi connectivity index (χ3v) is 3.75. The summed E-state index contributed by atoms with van der Waals surface area (Å²) in [6.45, 7) is 5.48. The van der Waals surface area contributed by atoms with Gasteiger partial charge in [0.05, 0.1) is 0 Å². The van der Waals surface area contributed by atoms with Gasteiger partial charge >= 0.3 is 0 Å². The Morgan fingerprint density at radius 2 is 2.12 bits per heavy atom. The first-order valence-electron chi connectivity index (χ1n) is 6.68. The molecule has 2 rings (SSSR count). The van der Waals surface area contributed by atoms with Gasteiger partial charge in [0.2, 0.25) is 0 Å². The molecule has 1 N–H and O–H groups in total. The van der Waals surface area contributed by atoms with Crippen molar-refractivity contribution in [2.45, 2.75) is 51.5 Å². The van der Waals surface area contributed by atoms with Crippen LogP contribution >= 0.6 is 0 Å². The molecule has 0 heterocycles. The Morgan fingerprint density at radius 1 is 1.31 bits per heavy atom. The van der Waals surface area contributed by atoms with Gasteiger partial charge in [-0.05, 0) is 42.9 Å². The summed E-state index contributed by atoms with van der Waals surface area (Å²) in [5.41, 5.74) is 3.02. The van der Waals surface area contributed by atoms with E-state index in [1.54, 1.807) is 5.56 Å². The lowest BCUT2D eigenvalue weighted by atomic mass is 9.79. The molecule has 1 heteroatoms. The van der Waals surface area contributed by atoms with Crippen LogP contribution < -0.4 is 5.32 Å². The van der Waals surface area contributed by atoms with Crippen molar-refractivity contribution in [3.05, 3.63) is 35.4 Å². The molecule has 0 bridgehead atoms. The Balaban J connectivity index is 2.13. The molecule has 1 aliphatic rings. The molecule has 1 atom stereocenters. The smallest absolute Gasteiger partial charge is 0.0317 e. The second-order valence-corrected chi connectivity index (χ2v) is 4.82. The second kappa shape index (κ2) is 5.49. The van der Waals surface area contributed by atoms with Crippen molar-refractivity contribution in [1.29, 1.82) is 0 Å². The fourth-order valence-corrected chi connectivity index (χ4v) is 2.52. The molecule has 1 fully saturated rings. The van der Waals surface area contributed by atoms with E-state index in [4.69, 9.17) is 0 Å². The maximum Gasteiger partial charge on any atom is 0.0317 e. The van der Waals surface area contributed by atoms with Gasteiger partial charge in [-0.25, -0.2) is 0 Å². The molecule has 1 aliphatic carbocycles. The highest BCUT2D eigenvalue weighted by atomic mass is 14.9. The highest BCUT2D eigenvalue weighted by Crippen LogP contribution is 2.37. The van der Waals surface area contributed by atoms with Gasteiger partial charge < -0.3 is 5.32 Å². The van der Waals surface area contributed by atoms with E-state index in [1.807, 2.05) is 0 Å². The number of nitrogens with one attached hydrogen (secondary N) is 1. The SMILES string of the molecule is CCNC(CC)c1cccc(C2CCC2)c1. The largest absolute Gasteiger partial charge is 0.310 e. The summed E-state index contributed by atoms with van der Waals surface area (Å²) in [5.74, 6) is 0.846. The van der Waals surface area contributed by atoms with Gasteiger partial charge in [0, 0.05) is 6.04 Å². The van der Waals surface area contributed by atoms with E-state index in [0.717, 1.165) is 12.5 Å². The van der Waals surface area contributed by atoms with Crippen molar-refractivity contribution < 1.29 is 0 Å². The molecule has 1 aromatic carbocycles. The maximum atomic E-state index is 3.55. The fraction of sp³-hybridized carbons (Fsp3) is 0.600. The Kier molecular flexibility index (Phi) is 4.00. The minimum Gasteiger partial charge on any atom is -0.310 e. The molecular formula is C15H23N. The van der Waals surface area contributed by atoms with Gasteiger partial charge in [-0.2, -0.15) is 0 Å². The first-order valence-corrected chi connectivity index (χ1v) is 6.68. The molecule has 0 spiro atoms. The van der Waals surface area contributed by atoms with Gasteiger partial charge in [-0.3, -0.25) is 0 Å². The second-order valence-electron chi connectivity index (χ2n) is 4.82. The van der Waals surface area contributed by atoms with E-state index in [1.165, 1.54) is 31.2 Å². The number of rotatable bonds is 5. The van der Waals surface area contributed by atoms with Crippen LogP contribution in [0.3, 0.4) is 0 Å². The Morgan fingerprint density at radius 3 is 2.69 bits per heavy atom. The van der Waals surface area contributed by atoms with E-state index in [-0.39, 0.29) is 0 Å². The van der Waals surface area contributed by atoms with Crippen LogP contribution in [0, 0.1) is 0 Å². The highest BCUT2D eigenvalue weighted by Gasteiger charge is 2.20. The Labute approximate surface area is 99.3 Å². The van der Waals surface area contributed by atoms with Gasteiger partial charge in [-0.1, -0.05) is 44.5 Å². The van der Waals surface area contributed by atoms with E-state index < -0.39 is 0 Å². The van der Waals surface area contributed by atoms with E-state index >= 15 is 0 Å². The monoisotopic (exact) mass is 217 g/mol. The molecule has 1 unspecified atom stereocenters. The summed E-state index contributed by atoms with van der Waals surface area (Å²) in [4.78, 5) is 0. The first-order chi connectivity index (χ1) is 7.85. The van der Waals surface area contributed by atoms with Crippen LogP contribution in [0.2, 0.25) is 0 Å². The molecule has 0 radical (unpaired) electrons. The minimum absolute atomic E-state index is 0.532. The summed E-state index contributed by atoms with van der Waals surface area (Å²) >= 11 is 0. The van der Waals surface area contributed by atoms with Crippen molar-refractivity contribution in [2.75, 3.05) is 6.54 Å². The van der Waals surface area contributed by atoms with Crippen LogP contribution in [0.1, 0.15) is 62.6 Å². The van der Waals surface area contributed by atoms with E-state index in [2.05, 4.69) is 43.4 Å².